The summed E-state index contributed by atoms with van der Waals surface area (Å²) in [7, 11) is 1.60. The topological polar surface area (TPSA) is 30.5 Å². The van der Waals surface area contributed by atoms with Crippen LogP contribution in [0.1, 0.15) is 13.3 Å². The molecule has 0 amide bonds. The number of halogens is 1. The van der Waals surface area contributed by atoms with Gasteiger partial charge in [-0.15, -0.1) is 0 Å². The van der Waals surface area contributed by atoms with Crippen LogP contribution in [0, 0.1) is 0 Å². The highest BCUT2D eigenvalue weighted by atomic mass is 35.5. The van der Waals surface area contributed by atoms with Crippen molar-refractivity contribution in [1.82, 2.24) is 0 Å². The highest BCUT2D eigenvalue weighted by Crippen LogP contribution is 2.26. The fourth-order valence-electron chi connectivity index (χ4n) is 1.29. The smallest absolute Gasteiger partial charge is 0.137 e. The summed E-state index contributed by atoms with van der Waals surface area (Å²) in [6.45, 7) is 4.39. The van der Waals surface area contributed by atoms with Crippen LogP contribution < -0.4 is 10.1 Å². The van der Waals surface area contributed by atoms with Crippen molar-refractivity contribution in [2.24, 2.45) is 0 Å². The Morgan fingerprint density at radius 3 is 2.75 bits per heavy atom. The van der Waals surface area contributed by atoms with Crippen LogP contribution in [0.3, 0.4) is 0 Å². The monoisotopic (exact) mass is 243 g/mol. The summed E-state index contributed by atoms with van der Waals surface area (Å²) in [5, 5.41) is 3.84. The lowest BCUT2D eigenvalue weighted by molar-refractivity contribution is 0.144. The molecule has 0 fully saturated rings. The Morgan fingerprint density at radius 2 is 2.12 bits per heavy atom. The summed E-state index contributed by atoms with van der Waals surface area (Å²) in [6.07, 6.45) is 1.05. The highest BCUT2D eigenvalue weighted by Gasteiger charge is 2.00. The number of anilines is 1. The predicted octanol–water partition coefficient (Wildman–Crippen LogP) is 3.19. The van der Waals surface area contributed by atoms with Gasteiger partial charge in [0, 0.05) is 18.8 Å². The van der Waals surface area contributed by atoms with Crippen LogP contribution in [0.15, 0.2) is 18.2 Å². The van der Waals surface area contributed by atoms with Crippen molar-refractivity contribution in [3.05, 3.63) is 23.2 Å². The first-order valence-corrected chi connectivity index (χ1v) is 5.81. The van der Waals surface area contributed by atoms with E-state index in [0.29, 0.717) is 17.4 Å². The maximum Gasteiger partial charge on any atom is 0.137 e. The minimum absolute atomic E-state index is 0.613. The standard InChI is InChI=1S/C12H18ClNO2/c1-3-7-16-8-6-14-10-4-5-12(15-2)11(13)9-10/h4-5,9,14H,3,6-8H2,1-2H3. The normalized spacial score (nSPS) is 10.2. The van der Waals surface area contributed by atoms with Gasteiger partial charge >= 0.3 is 0 Å². The third-order valence-corrected chi connectivity index (χ3v) is 2.37. The summed E-state index contributed by atoms with van der Waals surface area (Å²) >= 11 is 6.00. The number of rotatable bonds is 7. The lowest BCUT2D eigenvalue weighted by Crippen LogP contribution is -2.09. The zero-order valence-corrected chi connectivity index (χ0v) is 10.5. The van der Waals surface area contributed by atoms with Crippen LogP contribution in [0.5, 0.6) is 5.75 Å². The van der Waals surface area contributed by atoms with Crippen molar-refractivity contribution in [1.29, 1.82) is 0 Å². The van der Waals surface area contributed by atoms with Crippen LogP contribution >= 0.6 is 11.6 Å². The molecule has 1 aromatic rings. The SMILES string of the molecule is CCCOCCNc1ccc(OC)c(Cl)c1. The van der Waals surface area contributed by atoms with E-state index in [1.54, 1.807) is 7.11 Å². The molecule has 1 aromatic carbocycles. The number of methoxy groups -OCH3 is 1. The molecule has 0 aromatic heterocycles. The van der Waals surface area contributed by atoms with Gasteiger partial charge in [-0.25, -0.2) is 0 Å². The first-order chi connectivity index (χ1) is 7.77. The van der Waals surface area contributed by atoms with E-state index in [1.165, 1.54) is 0 Å². The van der Waals surface area contributed by atoms with Gasteiger partial charge in [-0.1, -0.05) is 18.5 Å². The van der Waals surface area contributed by atoms with E-state index in [9.17, 15) is 0 Å². The van der Waals surface area contributed by atoms with Crippen molar-refractivity contribution >= 4 is 17.3 Å². The molecule has 0 saturated carbocycles. The van der Waals surface area contributed by atoms with E-state index in [-0.39, 0.29) is 0 Å². The van der Waals surface area contributed by atoms with Crippen molar-refractivity contribution in [3.63, 3.8) is 0 Å². The van der Waals surface area contributed by atoms with Gasteiger partial charge in [-0.3, -0.25) is 0 Å². The molecule has 0 saturated heterocycles. The Labute approximate surface area is 102 Å². The van der Waals surface area contributed by atoms with Gasteiger partial charge in [-0.2, -0.15) is 0 Å². The molecule has 1 rings (SSSR count). The average Bonchev–Trinajstić information content (AvgIpc) is 2.29. The number of ether oxygens (including phenoxy) is 2. The van der Waals surface area contributed by atoms with E-state index in [4.69, 9.17) is 21.1 Å². The van der Waals surface area contributed by atoms with Crippen molar-refractivity contribution in [2.45, 2.75) is 13.3 Å². The van der Waals surface area contributed by atoms with E-state index in [0.717, 1.165) is 25.3 Å². The Hall–Kier alpha value is -0.930. The highest BCUT2D eigenvalue weighted by molar-refractivity contribution is 6.32. The molecule has 4 heteroatoms. The molecule has 0 aliphatic rings. The van der Waals surface area contributed by atoms with Crippen LogP contribution in [0.25, 0.3) is 0 Å². The van der Waals surface area contributed by atoms with E-state index in [2.05, 4.69) is 12.2 Å². The first-order valence-electron chi connectivity index (χ1n) is 5.43. The van der Waals surface area contributed by atoms with Gasteiger partial charge in [0.25, 0.3) is 0 Å². The molecule has 3 nitrogen and oxygen atoms in total. The maximum absolute atomic E-state index is 6.00. The molecule has 1 N–H and O–H groups in total. The Morgan fingerprint density at radius 1 is 1.31 bits per heavy atom. The fourth-order valence-corrected chi connectivity index (χ4v) is 1.55. The molecule has 0 radical (unpaired) electrons. The zero-order chi connectivity index (χ0) is 11.8. The number of benzene rings is 1. The molecule has 0 bridgehead atoms. The van der Waals surface area contributed by atoms with Gasteiger partial charge < -0.3 is 14.8 Å². The molecular formula is C12H18ClNO2. The molecule has 16 heavy (non-hydrogen) atoms. The van der Waals surface area contributed by atoms with E-state index < -0.39 is 0 Å². The minimum Gasteiger partial charge on any atom is -0.495 e. The molecule has 0 atom stereocenters. The van der Waals surface area contributed by atoms with Crippen LogP contribution in [-0.2, 0) is 4.74 Å². The van der Waals surface area contributed by atoms with Crippen LogP contribution in [0.4, 0.5) is 5.69 Å². The average molecular weight is 244 g/mol. The maximum atomic E-state index is 6.00. The predicted molar refractivity (Wildman–Crippen MR) is 67.6 cm³/mol. The largest absolute Gasteiger partial charge is 0.495 e. The summed E-state index contributed by atoms with van der Waals surface area (Å²) in [5.74, 6) is 0.689. The quantitative estimate of drug-likeness (QED) is 0.746. The van der Waals surface area contributed by atoms with Crippen molar-refractivity contribution < 1.29 is 9.47 Å². The Kier molecular flexibility index (Phi) is 6.04. The second-order valence-electron chi connectivity index (χ2n) is 3.39. The lowest BCUT2D eigenvalue weighted by atomic mass is 10.3. The van der Waals surface area contributed by atoms with E-state index in [1.807, 2.05) is 18.2 Å². The Balaban J connectivity index is 2.34. The van der Waals surface area contributed by atoms with Crippen molar-refractivity contribution in [3.8, 4) is 5.75 Å². The second-order valence-corrected chi connectivity index (χ2v) is 3.80. The van der Waals surface area contributed by atoms with Crippen LogP contribution in [0.2, 0.25) is 5.02 Å². The van der Waals surface area contributed by atoms with Gasteiger partial charge in [0.15, 0.2) is 0 Å². The molecule has 0 aliphatic carbocycles. The van der Waals surface area contributed by atoms with Crippen LogP contribution in [-0.4, -0.2) is 26.9 Å². The Bertz CT molecular complexity index is 318. The molecule has 0 heterocycles. The van der Waals surface area contributed by atoms with Gasteiger partial charge in [0.1, 0.15) is 5.75 Å². The molecule has 0 aliphatic heterocycles. The fraction of sp³-hybridized carbons (Fsp3) is 0.500. The number of hydrogen-bond donors (Lipinski definition) is 1. The lowest BCUT2D eigenvalue weighted by Gasteiger charge is -2.09. The molecule has 0 unspecified atom stereocenters. The first kappa shape index (κ1) is 13.1. The number of nitrogens with one attached hydrogen (secondary N) is 1. The summed E-state index contributed by atoms with van der Waals surface area (Å²) in [4.78, 5) is 0. The van der Waals surface area contributed by atoms with E-state index >= 15 is 0 Å². The zero-order valence-electron chi connectivity index (χ0n) is 9.75. The minimum atomic E-state index is 0.613. The summed E-state index contributed by atoms with van der Waals surface area (Å²) < 4.78 is 10.4. The molecular weight excluding hydrogens is 226 g/mol. The third-order valence-electron chi connectivity index (χ3n) is 2.08. The van der Waals surface area contributed by atoms with Gasteiger partial charge in [0.2, 0.25) is 0 Å². The van der Waals surface area contributed by atoms with Gasteiger partial charge in [-0.05, 0) is 24.6 Å². The van der Waals surface area contributed by atoms with Gasteiger partial charge in [0.05, 0.1) is 18.7 Å². The summed E-state index contributed by atoms with van der Waals surface area (Å²) in [5.41, 5.74) is 0.978. The number of hydrogen-bond acceptors (Lipinski definition) is 3. The van der Waals surface area contributed by atoms with Crippen molar-refractivity contribution in [2.75, 3.05) is 32.2 Å². The molecule has 90 valence electrons. The third kappa shape index (κ3) is 4.29. The molecule has 0 spiro atoms. The summed E-state index contributed by atoms with van der Waals surface area (Å²) in [6, 6.07) is 5.63. The second kappa shape index (κ2) is 7.36.